The van der Waals surface area contributed by atoms with Crippen molar-refractivity contribution in [3.8, 4) is 0 Å². The van der Waals surface area contributed by atoms with Gasteiger partial charge < -0.3 is 0 Å². The quantitative estimate of drug-likeness (QED) is 0.635. The first-order valence-electron chi connectivity index (χ1n) is 6.79. The van der Waals surface area contributed by atoms with Gasteiger partial charge in [-0.3, -0.25) is 16.3 Å². The second-order valence-corrected chi connectivity index (χ2v) is 5.47. The molecule has 1 aromatic carbocycles. The van der Waals surface area contributed by atoms with Crippen LogP contribution in [-0.4, -0.2) is 11.0 Å². The Bertz CT molecular complexity index is 557. The van der Waals surface area contributed by atoms with Crippen molar-refractivity contribution >= 4 is 11.6 Å². The summed E-state index contributed by atoms with van der Waals surface area (Å²) in [6, 6.07) is 10.7. The van der Waals surface area contributed by atoms with Gasteiger partial charge in [0.25, 0.3) is 0 Å². The molecule has 3 N–H and O–H groups in total. The van der Waals surface area contributed by atoms with Gasteiger partial charge in [-0.2, -0.15) is 0 Å². The Hall–Kier alpha value is -1.42. The molecule has 2 rings (SSSR count). The molecule has 0 amide bonds. The van der Waals surface area contributed by atoms with Crippen LogP contribution in [0, 0.1) is 6.92 Å². The summed E-state index contributed by atoms with van der Waals surface area (Å²) in [4.78, 5) is 4.00. The summed E-state index contributed by atoms with van der Waals surface area (Å²) < 4.78 is 0. The number of nitrogens with two attached hydrogens (primary N) is 1. The number of nitrogens with zero attached hydrogens (tertiary/aromatic N) is 1. The van der Waals surface area contributed by atoms with Gasteiger partial charge in [-0.1, -0.05) is 41.4 Å². The van der Waals surface area contributed by atoms with Gasteiger partial charge >= 0.3 is 0 Å². The van der Waals surface area contributed by atoms with Gasteiger partial charge in [-0.25, -0.2) is 0 Å². The number of halogens is 1. The summed E-state index contributed by atoms with van der Waals surface area (Å²) in [7, 11) is 0. The van der Waals surface area contributed by atoms with Gasteiger partial charge in [0.05, 0.1) is 5.02 Å². The Balaban J connectivity index is 1.94. The van der Waals surface area contributed by atoms with Gasteiger partial charge in [0.1, 0.15) is 0 Å². The Kier molecular flexibility index (Phi) is 5.53. The number of hydrazine groups is 1. The Morgan fingerprint density at radius 3 is 2.90 bits per heavy atom. The SMILES string of the molecule is Cc1cccc(CCC(Cc2ccncc2Cl)NN)c1. The maximum absolute atomic E-state index is 6.13. The Labute approximate surface area is 125 Å². The maximum Gasteiger partial charge on any atom is 0.0621 e. The van der Waals surface area contributed by atoms with Crippen molar-refractivity contribution in [2.75, 3.05) is 0 Å². The van der Waals surface area contributed by atoms with Crippen LogP contribution in [0.5, 0.6) is 0 Å². The van der Waals surface area contributed by atoms with E-state index in [0.717, 1.165) is 24.8 Å². The van der Waals surface area contributed by atoms with Crippen LogP contribution >= 0.6 is 11.6 Å². The van der Waals surface area contributed by atoms with Gasteiger partial charge in [0.2, 0.25) is 0 Å². The van der Waals surface area contributed by atoms with Crippen LogP contribution in [0.1, 0.15) is 23.1 Å². The first kappa shape index (κ1) is 15.0. The molecule has 0 saturated carbocycles. The molecule has 1 aromatic heterocycles. The minimum Gasteiger partial charge on any atom is -0.271 e. The lowest BCUT2D eigenvalue weighted by Gasteiger charge is -2.16. The van der Waals surface area contributed by atoms with Gasteiger partial charge in [-0.05, 0) is 43.4 Å². The van der Waals surface area contributed by atoms with Crippen molar-refractivity contribution in [2.24, 2.45) is 5.84 Å². The minimum absolute atomic E-state index is 0.204. The van der Waals surface area contributed by atoms with Gasteiger partial charge in [0, 0.05) is 18.4 Å². The highest BCUT2D eigenvalue weighted by molar-refractivity contribution is 6.31. The standard InChI is InChI=1S/C16H20ClN3/c1-12-3-2-4-13(9-12)5-6-15(20-18)10-14-7-8-19-11-16(14)17/h2-4,7-9,11,15,20H,5-6,10,18H2,1H3. The average molecular weight is 290 g/mol. The van der Waals surface area contributed by atoms with Crippen LogP contribution in [0.15, 0.2) is 42.7 Å². The molecule has 1 unspecified atom stereocenters. The molecule has 2 aromatic rings. The van der Waals surface area contributed by atoms with Gasteiger partial charge in [0.15, 0.2) is 0 Å². The second-order valence-electron chi connectivity index (χ2n) is 5.06. The lowest BCUT2D eigenvalue weighted by Crippen LogP contribution is -2.37. The Morgan fingerprint density at radius 1 is 1.35 bits per heavy atom. The number of rotatable bonds is 6. The summed E-state index contributed by atoms with van der Waals surface area (Å²) in [5, 5.41) is 0.698. The minimum atomic E-state index is 0.204. The predicted molar refractivity (Wildman–Crippen MR) is 83.6 cm³/mol. The number of pyridine rings is 1. The fourth-order valence-corrected chi connectivity index (χ4v) is 2.48. The van der Waals surface area contributed by atoms with Crippen molar-refractivity contribution < 1.29 is 0 Å². The summed E-state index contributed by atoms with van der Waals surface area (Å²) in [5.41, 5.74) is 6.59. The van der Waals surface area contributed by atoms with Crippen LogP contribution in [-0.2, 0) is 12.8 Å². The first-order chi connectivity index (χ1) is 9.69. The van der Waals surface area contributed by atoms with Crippen LogP contribution in [0.25, 0.3) is 0 Å². The highest BCUT2D eigenvalue weighted by atomic mass is 35.5. The summed E-state index contributed by atoms with van der Waals surface area (Å²) in [5.74, 6) is 5.66. The van der Waals surface area contributed by atoms with Crippen LogP contribution < -0.4 is 11.3 Å². The molecule has 20 heavy (non-hydrogen) atoms. The van der Waals surface area contributed by atoms with E-state index in [1.165, 1.54) is 11.1 Å². The van der Waals surface area contributed by atoms with E-state index in [-0.39, 0.29) is 6.04 Å². The fraction of sp³-hybridized carbons (Fsp3) is 0.312. The number of aromatic nitrogens is 1. The fourth-order valence-electron chi connectivity index (χ4n) is 2.29. The van der Waals surface area contributed by atoms with Gasteiger partial charge in [-0.15, -0.1) is 0 Å². The van der Waals surface area contributed by atoms with E-state index in [9.17, 15) is 0 Å². The van der Waals surface area contributed by atoms with Crippen molar-refractivity contribution in [3.63, 3.8) is 0 Å². The molecule has 0 aliphatic heterocycles. The number of nitrogens with one attached hydrogen (secondary N) is 1. The lowest BCUT2D eigenvalue weighted by molar-refractivity contribution is 0.491. The van der Waals surface area contributed by atoms with Crippen molar-refractivity contribution in [1.82, 2.24) is 10.4 Å². The summed E-state index contributed by atoms with van der Waals surface area (Å²) in [6.07, 6.45) is 6.21. The topological polar surface area (TPSA) is 50.9 Å². The van der Waals surface area contributed by atoms with E-state index >= 15 is 0 Å². The molecule has 0 radical (unpaired) electrons. The zero-order chi connectivity index (χ0) is 14.4. The average Bonchev–Trinajstić information content (AvgIpc) is 2.45. The van der Waals surface area contributed by atoms with Crippen molar-refractivity contribution in [1.29, 1.82) is 0 Å². The highest BCUT2D eigenvalue weighted by Crippen LogP contribution is 2.17. The third-order valence-corrected chi connectivity index (χ3v) is 3.76. The van der Waals surface area contributed by atoms with E-state index in [2.05, 4.69) is 41.6 Å². The highest BCUT2D eigenvalue weighted by Gasteiger charge is 2.10. The molecule has 3 nitrogen and oxygen atoms in total. The third kappa shape index (κ3) is 4.30. The van der Waals surface area contributed by atoms with Crippen LogP contribution in [0.3, 0.4) is 0 Å². The molecular formula is C16H20ClN3. The van der Waals surface area contributed by atoms with Crippen molar-refractivity contribution in [2.45, 2.75) is 32.2 Å². The van der Waals surface area contributed by atoms with Crippen LogP contribution in [0.4, 0.5) is 0 Å². The molecule has 1 heterocycles. The smallest absolute Gasteiger partial charge is 0.0621 e. The molecule has 0 saturated heterocycles. The zero-order valence-corrected chi connectivity index (χ0v) is 12.4. The normalized spacial score (nSPS) is 12.3. The summed E-state index contributed by atoms with van der Waals surface area (Å²) >= 11 is 6.13. The van der Waals surface area contributed by atoms with Crippen molar-refractivity contribution in [3.05, 3.63) is 64.4 Å². The number of benzene rings is 1. The maximum atomic E-state index is 6.13. The molecule has 0 spiro atoms. The molecular weight excluding hydrogens is 270 g/mol. The molecule has 0 bridgehead atoms. The number of hydrogen-bond donors (Lipinski definition) is 2. The summed E-state index contributed by atoms with van der Waals surface area (Å²) in [6.45, 7) is 2.11. The molecule has 106 valence electrons. The van der Waals surface area contributed by atoms with E-state index in [1.807, 2.05) is 6.07 Å². The lowest BCUT2D eigenvalue weighted by atomic mass is 9.99. The van der Waals surface area contributed by atoms with E-state index in [4.69, 9.17) is 17.4 Å². The first-order valence-corrected chi connectivity index (χ1v) is 7.17. The predicted octanol–water partition coefficient (Wildman–Crippen LogP) is 3.05. The Morgan fingerprint density at radius 2 is 2.20 bits per heavy atom. The van der Waals surface area contributed by atoms with E-state index in [1.54, 1.807) is 12.4 Å². The molecule has 1 atom stereocenters. The van der Waals surface area contributed by atoms with E-state index < -0.39 is 0 Å². The largest absolute Gasteiger partial charge is 0.271 e. The number of hydrogen-bond acceptors (Lipinski definition) is 3. The second kappa shape index (κ2) is 7.39. The molecule has 0 fully saturated rings. The molecule has 4 heteroatoms. The van der Waals surface area contributed by atoms with Crippen LogP contribution in [0.2, 0.25) is 5.02 Å². The monoisotopic (exact) mass is 289 g/mol. The molecule has 0 aliphatic rings. The van der Waals surface area contributed by atoms with E-state index in [0.29, 0.717) is 5.02 Å². The zero-order valence-electron chi connectivity index (χ0n) is 11.6. The number of aryl methyl sites for hydroxylation is 2. The third-order valence-electron chi connectivity index (χ3n) is 3.42. The molecule has 0 aliphatic carbocycles.